The zero-order valence-electron chi connectivity index (χ0n) is 13.7. The Balaban J connectivity index is 1.57. The van der Waals surface area contributed by atoms with E-state index in [1.165, 1.54) is 0 Å². The summed E-state index contributed by atoms with van der Waals surface area (Å²) in [5.74, 6) is 1.63. The molecule has 1 aliphatic rings. The summed E-state index contributed by atoms with van der Waals surface area (Å²) in [6, 6.07) is 14.1. The van der Waals surface area contributed by atoms with E-state index in [9.17, 15) is 0 Å². The first-order chi connectivity index (χ1) is 12.2. The number of halogens is 1. The lowest BCUT2D eigenvalue weighted by Gasteiger charge is -2.21. The van der Waals surface area contributed by atoms with Gasteiger partial charge in [-0.25, -0.2) is 4.98 Å². The molecular formula is C19H17ClN2O2S. The smallest absolute Gasteiger partial charge is 0.189 e. The topological polar surface area (TPSA) is 36.3 Å². The highest BCUT2D eigenvalue weighted by atomic mass is 35.5. The van der Waals surface area contributed by atoms with Gasteiger partial charge in [-0.1, -0.05) is 53.7 Å². The van der Waals surface area contributed by atoms with Crippen molar-refractivity contribution in [1.29, 1.82) is 0 Å². The number of thioether (sulfide) groups is 1. The van der Waals surface area contributed by atoms with E-state index in [1.54, 1.807) is 11.8 Å². The van der Waals surface area contributed by atoms with Gasteiger partial charge in [0.1, 0.15) is 5.75 Å². The highest BCUT2D eigenvalue weighted by Gasteiger charge is 2.17. The number of aromatic nitrogens is 2. The van der Waals surface area contributed by atoms with Crippen LogP contribution in [0.2, 0.25) is 5.02 Å². The fraction of sp³-hybridized carbons (Fsp3) is 0.211. The highest BCUT2D eigenvalue weighted by molar-refractivity contribution is 7.98. The summed E-state index contributed by atoms with van der Waals surface area (Å²) in [6.07, 6.45) is 1.91. The normalized spacial score (nSPS) is 13.4. The molecule has 0 saturated heterocycles. The summed E-state index contributed by atoms with van der Waals surface area (Å²) in [6.45, 7) is 0.820. The third kappa shape index (κ3) is 3.40. The Bertz CT molecular complexity index is 896. The Morgan fingerprint density at radius 2 is 2.08 bits per heavy atom. The number of benzene rings is 2. The predicted octanol–water partition coefficient (Wildman–Crippen LogP) is 4.90. The highest BCUT2D eigenvalue weighted by Crippen LogP contribution is 2.35. The van der Waals surface area contributed by atoms with E-state index in [1.807, 2.05) is 43.6 Å². The second-order valence-electron chi connectivity index (χ2n) is 5.80. The van der Waals surface area contributed by atoms with Gasteiger partial charge in [-0.05, 0) is 17.7 Å². The SMILES string of the molecule is Cn1c(-c2ccccc2)cnc1SCc1cc(Cl)cc2c1OCOC2. The van der Waals surface area contributed by atoms with Crippen molar-refractivity contribution in [2.24, 2.45) is 7.05 Å². The molecule has 0 unspecified atom stereocenters. The number of rotatable bonds is 4. The Morgan fingerprint density at radius 3 is 2.92 bits per heavy atom. The van der Waals surface area contributed by atoms with Crippen LogP contribution in [0, 0.1) is 0 Å². The fourth-order valence-electron chi connectivity index (χ4n) is 2.91. The lowest BCUT2D eigenvalue weighted by atomic mass is 10.1. The maximum Gasteiger partial charge on any atom is 0.189 e. The molecule has 6 heteroatoms. The molecule has 0 bridgehead atoms. The van der Waals surface area contributed by atoms with E-state index < -0.39 is 0 Å². The van der Waals surface area contributed by atoms with Gasteiger partial charge in [0.2, 0.25) is 0 Å². The van der Waals surface area contributed by atoms with Crippen molar-refractivity contribution in [3.8, 4) is 17.0 Å². The molecule has 2 heterocycles. The maximum absolute atomic E-state index is 6.24. The van der Waals surface area contributed by atoms with E-state index in [2.05, 4.69) is 21.7 Å². The van der Waals surface area contributed by atoms with Crippen LogP contribution < -0.4 is 4.74 Å². The van der Waals surface area contributed by atoms with Crippen molar-refractivity contribution >= 4 is 23.4 Å². The van der Waals surface area contributed by atoms with Gasteiger partial charge in [-0.3, -0.25) is 0 Å². The van der Waals surface area contributed by atoms with Crippen molar-refractivity contribution in [2.45, 2.75) is 17.5 Å². The van der Waals surface area contributed by atoms with Crippen molar-refractivity contribution in [3.63, 3.8) is 0 Å². The predicted molar refractivity (Wildman–Crippen MR) is 99.9 cm³/mol. The van der Waals surface area contributed by atoms with Crippen LogP contribution in [-0.2, 0) is 24.1 Å². The second-order valence-corrected chi connectivity index (χ2v) is 7.18. The van der Waals surface area contributed by atoms with Gasteiger partial charge in [0.15, 0.2) is 11.9 Å². The van der Waals surface area contributed by atoms with Crippen molar-refractivity contribution in [2.75, 3.05) is 6.79 Å². The van der Waals surface area contributed by atoms with Crippen molar-refractivity contribution in [3.05, 3.63) is 64.8 Å². The molecule has 1 aliphatic heterocycles. The average molecular weight is 373 g/mol. The number of imidazole rings is 1. The molecule has 3 aromatic rings. The van der Waals surface area contributed by atoms with Gasteiger partial charge >= 0.3 is 0 Å². The standard InChI is InChI=1S/C19H17ClN2O2S/c1-22-17(13-5-3-2-4-6-13)9-21-19(22)25-11-15-8-16(20)7-14-10-23-12-24-18(14)15/h2-9H,10-12H2,1H3. The fourth-order valence-corrected chi connectivity index (χ4v) is 4.09. The number of hydrogen-bond acceptors (Lipinski definition) is 4. The molecule has 0 saturated carbocycles. The monoisotopic (exact) mass is 372 g/mol. The van der Waals surface area contributed by atoms with E-state index in [0.29, 0.717) is 11.6 Å². The second kappa shape index (κ2) is 7.12. The molecule has 0 aliphatic carbocycles. The molecule has 0 amide bonds. The molecule has 1 aromatic heterocycles. The summed E-state index contributed by atoms with van der Waals surface area (Å²) in [4.78, 5) is 4.57. The molecule has 0 N–H and O–H groups in total. The number of fused-ring (bicyclic) bond motifs is 1. The van der Waals surface area contributed by atoms with Crippen LogP contribution >= 0.6 is 23.4 Å². The molecule has 2 aromatic carbocycles. The molecular weight excluding hydrogens is 356 g/mol. The van der Waals surface area contributed by atoms with Crippen LogP contribution in [0.1, 0.15) is 11.1 Å². The molecule has 25 heavy (non-hydrogen) atoms. The molecule has 0 atom stereocenters. The summed E-state index contributed by atoms with van der Waals surface area (Å²) >= 11 is 7.91. The van der Waals surface area contributed by atoms with Crippen LogP contribution in [0.3, 0.4) is 0 Å². The molecule has 128 valence electrons. The average Bonchev–Trinajstić information content (AvgIpc) is 3.01. The number of nitrogens with zero attached hydrogens (tertiary/aromatic N) is 2. The van der Waals surface area contributed by atoms with Crippen LogP contribution in [0.4, 0.5) is 0 Å². The number of ether oxygens (including phenoxy) is 2. The van der Waals surface area contributed by atoms with Crippen LogP contribution in [0.5, 0.6) is 5.75 Å². The van der Waals surface area contributed by atoms with E-state index in [0.717, 1.165) is 39.0 Å². The molecule has 0 fully saturated rings. The quantitative estimate of drug-likeness (QED) is 0.610. The van der Waals surface area contributed by atoms with Crippen LogP contribution in [-0.4, -0.2) is 16.3 Å². The summed E-state index contributed by atoms with van der Waals surface area (Å²) in [7, 11) is 2.04. The summed E-state index contributed by atoms with van der Waals surface area (Å²) in [5.41, 5.74) is 4.32. The Morgan fingerprint density at radius 1 is 1.24 bits per heavy atom. The summed E-state index contributed by atoms with van der Waals surface area (Å²) < 4.78 is 13.1. The van der Waals surface area contributed by atoms with Gasteiger partial charge in [0.25, 0.3) is 0 Å². The van der Waals surface area contributed by atoms with Crippen molar-refractivity contribution < 1.29 is 9.47 Å². The molecule has 0 radical (unpaired) electrons. The first-order valence-corrected chi connectivity index (χ1v) is 9.30. The van der Waals surface area contributed by atoms with E-state index in [4.69, 9.17) is 21.1 Å². The molecule has 4 nitrogen and oxygen atoms in total. The van der Waals surface area contributed by atoms with Gasteiger partial charge in [-0.15, -0.1) is 0 Å². The van der Waals surface area contributed by atoms with Crippen molar-refractivity contribution in [1.82, 2.24) is 9.55 Å². The zero-order valence-corrected chi connectivity index (χ0v) is 15.3. The Kier molecular flexibility index (Phi) is 4.70. The zero-order chi connectivity index (χ0) is 17.2. The first-order valence-electron chi connectivity index (χ1n) is 7.94. The van der Waals surface area contributed by atoms with Crippen LogP contribution in [0.25, 0.3) is 11.3 Å². The lowest BCUT2D eigenvalue weighted by molar-refractivity contribution is -0.0168. The Hall–Kier alpha value is -1.95. The first kappa shape index (κ1) is 16.5. The van der Waals surface area contributed by atoms with Gasteiger partial charge in [0.05, 0.1) is 18.5 Å². The van der Waals surface area contributed by atoms with Crippen LogP contribution in [0.15, 0.2) is 53.8 Å². The maximum atomic E-state index is 6.24. The minimum atomic E-state index is 0.285. The minimum absolute atomic E-state index is 0.285. The lowest BCUT2D eigenvalue weighted by Crippen LogP contribution is -2.13. The third-order valence-electron chi connectivity index (χ3n) is 4.12. The molecule has 0 spiro atoms. The van der Waals surface area contributed by atoms with Gasteiger partial charge in [0, 0.05) is 29.0 Å². The van der Waals surface area contributed by atoms with Gasteiger partial charge in [-0.2, -0.15) is 0 Å². The third-order valence-corrected chi connectivity index (χ3v) is 5.43. The number of hydrogen-bond donors (Lipinski definition) is 0. The van der Waals surface area contributed by atoms with Gasteiger partial charge < -0.3 is 14.0 Å². The van der Waals surface area contributed by atoms with E-state index in [-0.39, 0.29) is 6.79 Å². The minimum Gasteiger partial charge on any atom is -0.467 e. The van der Waals surface area contributed by atoms with E-state index >= 15 is 0 Å². The molecule has 4 rings (SSSR count). The Labute approximate surface area is 155 Å². The largest absolute Gasteiger partial charge is 0.467 e. The summed E-state index contributed by atoms with van der Waals surface area (Å²) in [5, 5.41) is 1.66.